The zero-order valence-corrected chi connectivity index (χ0v) is 16.3. The monoisotopic (exact) mass is 394 g/mol. The van der Waals surface area contributed by atoms with Crippen LogP contribution in [0.4, 0.5) is 5.69 Å². The van der Waals surface area contributed by atoms with Crippen LogP contribution in [-0.4, -0.2) is 34.5 Å². The van der Waals surface area contributed by atoms with Gasteiger partial charge in [-0.15, -0.1) is 0 Å². The number of hydrogen-bond donors (Lipinski definition) is 1. The summed E-state index contributed by atoms with van der Waals surface area (Å²) in [6.07, 6.45) is 0. The van der Waals surface area contributed by atoms with Crippen LogP contribution in [0.15, 0.2) is 27.2 Å². The van der Waals surface area contributed by atoms with E-state index in [9.17, 15) is 4.79 Å². The Morgan fingerprint density at radius 2 is 2.08 bits per heavy atom. The van der Waals surface area contributed by atoms with E-state index >= 15 is 0 Å². The number of amides is 1. The van der Waals surface area contributed by atoms with Crippen molar-refractivity contribution in [3.8, 4) is 0 Å². The quantitative estimate of drug-likeness (QED) is 0.839. The molecular weight excluding hydrogens is 372 g/mol. The summed E-state index contributed by atoms with van der Waals surface area (Å²) in [6.45, 7) is 8.70. The fourth-order valence-corrected chi connectivity index (χ4v) is 2.60. The van der Waals surface area contributed by atoms with Gasteiger partial charge in [0.25, 0.3) is 0 Å². The molecule has 0 bridgehead atoms. The molecule has 1 aromatic carbocycles. The fourth-order valence-electron chi connectivity index (χ4n) is 2.12. The molecule has 0 aliphatic carbocycles. The van der Waals surface area contributed by atoms with Gasteiger partial charge >= 0.3 is 0 Å². The summed E-state index contributed by atoms with van der Waals surface area (Å²) in [5.74, 6) is 1.10. The summed E-state index contributed by atoms with van der Waals surface area (Å²) in [4.78, 5) is 18.4. The lowest BCUT2D eigenvalue weighted by Crippen LogP contribution is -2.30. The smallest absolute Gasteiger partial charge is 0.238 e. The normalized spacial score (nSPS) is 11.8. The third kappa shape index (κ3) is 5.14. The Kier molecular flexibility index (Phi) is 5.77. The molecule has 0 spiro atoms. The summed E-state index contributed by atoms with van der Waals surface area (Å²) in [5.41, 5.74) is 1.64. The van der Waals surface area contributed by atoms with Gasteiger partial charge in [0.05, 0.1) is 13.1 Å². The molecule has 1 aromatic heterocycles. The van der Waals surface area contributed by atoms with Gasteiger partial charge in [-0.1, -0.05) is 41.9 Å². The molecule has 0 aliphatic rings. The average molecular weight is 395 g/mol. The minimum absolute atomic E-state index is 0.0811. The standard InChI is InChI=1S/C17H23BrN4O2/c1-11-8-12(18)6-7-13(11)19-15(23)10-22(5)9-14-20-16(24-21-14)17(2,3)4/h6-8H,9-10H2,1-5H3,(H,19,23). The Balaban J connectivity index is 1.90. The predicted octanol–water partition coefficient (Wildman–Crippen LogP) is 3.51. The molecule has 0 unspecified atom stereocenters. The van der Waals surface area contributed by atoms with Gasteiger partial charge < -0.3 is 9.84 Å². The molecule has 24 heavy (non-hydrogen) atoms. The number of halogens is 1. The van der Waals surface area contributed by atoms with Crippen molar-refractivity contribution in [2.45, 2.75) is 39.7 Å². The van der Waals surface area contributed by atoms with E-state index < -0.39 is 0 Å². The van der Waals surface area contributed by atoms with Crippen molar-refractivity contribution in [1.82, 2.24) is 15.0 Å². The minimum Gasteiger partial charge on any atom is -0.339 e. The molecule has 1 N–H and O–H groups in total. The number of hydrogen-bond acceptors (Lipinski definition) is 5. The zero-order valence-electron chi connectivity index (χ0n) is 14.7. The van der Waals surface area contributed by atoms with Crippen molar-refractivity contribution >= 4 is 27.5 Å². The van der Waals surface area contributed by atoms with Crippen molar-refractivity contribution < 1.29 is 9.32 Å². The average Bonchev–Trinajstić information content (AvgIpc) is 2.90. The van der Waals surface area contributed by atoms with Crippen LogP contribution in [0.3, 0.4) is 0 Å². The molecule has 0 saturated carbocycles. The Hall–Kier alpha value is -1.73. The summed E-state index contributed by atoms with van der Waals surface area (Å²) in [6, 6.07) is 5.75. The predicted molar refractivity (Wildman–Crippen MR) is 96.8 cm³/mol. The van der Waals surface area contributed by atoms with Crippen LogP contribution in [0.2, 0.25) is 0 Å². The van der Waals surface area contributed by atoms with Gasteiger partial charge in [-0.2, -0.15) is 4.98 Å². The van der Waals surface area contributed by atoms with Crippen LogP contribution < -0.4 is 5.32 Å². The maximum absolute atomic E-state index is 12.2. The number of anilines is 1. The molecule has 6 nitrogen and oxygen atoms in total. The van der Waals surface area contributed by atoms with Crippen LogP contribution in [0.25, 0.3) is 0 Å². The number of nitrogens with zero attached hydrogens (tertiary/aromatic N) is 3. The second-order valence-electron chi connectivity index (χ2n) is 6.95. The van der Waals surface area contributed by atoms with Gasteiger partial charge in [-0.05, 0) is 37.7 Å². The zero-order chi connectivity index (χ0) is 17.9. The molecule has 2 rings (SSSR count). The number of aryl methyl sites for hydroxylation is 1. The van der Waals surface area contributed by atoms with Crippen LogP contribution in [0.1, 0.15) is 38.0 Å². The van der Waals surface area contributed by atoms with Crippen LogP contribution in [0.5, 0.6) is 0 Å². The maximum atomic E-state index is 12.2. The van der Waals surface area contributed by atoms with E-state index in [4.69, 9.17) is 4.52 Å². The lowest BCUT2D eigenvalue weighted by Gasteiger charge is -2.15. The number of carbonyl (C=O) groups is 1. The number of aromatic nitrogens is 2. The molecule has 0 aliphatic heterocycles. The lowest BCUT2D eigenvalue weighted by atomic mass is 9.97. The van der Waals surface area contributed by atoms with Gasteiger partial charge in [-0.3, -0.25) is 9.69 Å². The van der Waals surface area contributed by atoms with E-state index in [-0.39, 0.29) is 17.9 Å². The van der Waals surface area contributed by atoms with E-state index in [0.717, 1.165) is 15.7 Å². The van der Waals surface area contributed by atoms with Crippen LogP contribution in [0, 0.1) is 6.92 Å². The maximum Gasteiger partial charge on any atom is 0.238 e. The van der Waals surface area contributed by atoms with E-state index in [1.54, 1.807) is 0 Å². The molecule has 130 valence electrons. The SMILES string of the molecule is Cc1cc(Br)ccc1NC(=O)CN(C)Cc1noc(C(C)(C)C)n1. The molecular formula is C17H23BrN4O2. The first-order valence-electron chi connectivity index (χ1n) is 7.73. The Bertz CT molecular complexity index is 722. The molecule has 0 fully saturated rings. The van der Waals surface area contributed by atoms with Gasteiger partial charge in [0, 0.05) is 15.6 Å². The largest absolute Gasteiger partial charge is 0.339 e. The first-order valence-corrected chi connectivity index (χ1v) is 8.52. The summed E-state index contributed by atoms with van der Waals surface area (Å²) in [5, 5.41) is 6.89. The number of likely N-dealkylation sites (N-methyl/N-ethyl adjacent to an activating group) is 1. The van der Waals surface area contributed by atoms with Crippen molar-refractivity contribution in [2.24, 2.45) is 0 Å². The van der Waals surface area contributed by atoms with E-state index in [0.29, 0.717) is 18.3 Å². The highest BCUT2D eigenvalue weighted by molar-refractivity contribution is 9.10. The molecule has 0 atom stereocenters. The molecule has 2 aromatic rings. The summed E-state index contributed by atoms with van der Waals surface area (Å²) in [7, 11) is 1.85. The third-order valence-electron chi connectivity index (χ3n) is 3.40. The van der Waals surface area contributed by atoms with E-state index in [1.165, 1.54) is 0 Å². The number of nitrogens with one attached hydrogen (secondary N) is 1. The molecule has 7 heteroatoms. The molecule has 0 saturated heterocycles. The minimum atomic E-state index is -0.180. The van der Waals surface area contributed by atoms with Gasteiger partial charge in [0.15, 0.2) is 5.82 Å². The van der Waals surface area contributed by atoms with Crippen LogP contribution >= 0.6 is 15.9 Å². The summed E-state index contributed by atoms with van der Waals surface area (Å²) >= 11 is 3.41. The molecule has 1 amide bonds. The van der Waals surface area contributed by atoms with Crippen molar-refractivity contribution in [3.05, 3.63) is 40.0 Å². The first-order chi connectivity index (χ1) is 11.1. The number of carbonyl (C=O) groups excluding carboxylic acids is 1. The first kappa shape index (κ1) is 18.6. The third-order valence-corrected chi connectivity index (χ3v) is 3.89. The number of benzene rings is 1. The van der Waals surface area contributed by atoms with Gasteiger partial charge in [0.2, 0.25) is 11.8 Å². The second kappa shape index (κ2) is 7.44. The van der Waals surface area contributed by atoms with Crippen molar-refractivity contribution in [1.29, 1.82) is 0 Å². The topological polar surface area (TPSA) is 71.3 Å². The van der Waals surface area contributed by atoms with Crippen LogP contribution in [-0.2, 0) is 16.8 Å². The van der Waals surface area contributed by atoms with Gasteiger partial charge in [0.1, 0.15) is 0 Å². The van der Waals surface area contributed by atoms with E-state index in [1.807, 2.05) is 57.8 Å². The van der Waals surface area contributed by atoms with Gasteiger partial charge in [-0.25, -0.2) is 0 Å². The molecule has 1 heterocycles. The molecule has 0 radical (unpaired) electrons. The highest BCUT2D eigenvalue weighted by Crippen LogP contribution is 2.21. The highest BCUT2D eigenvalue weighted by Gasteiger charge is 2.22. The second-order valence-corrected chi connectivity index (χ2v) is 7.86. The summed E-state index contributed by atoms with van der Waals surface area (Å²) < 4.78 is 6.25. The Labute approximate surface area is 150 Å². The Morgan fingerprint density at radius 3 is 2.67 bits per heavy atom. The Morgan fingerprint density at radius 1 is 1.38 bits per heavy atom. The fraction of sp³-hybridized carbons (Fsp3) is 0.471. The number of rotatable bonds is 5. The van der Waals surface area contributed by atoms with Crippen molar-refractivity contribution in [2.75, 3.05) is 18.9 Å². The lowest BCUT2D eigenvalue weighted by molar-refractivity contribution is -0.117. The van der Waals surface area contributed by atoms with E-state index in [2.05, 4.69) is 31.4 Å². The highest BCUT2D eigenvalue weighted by atomic mass is 79.9. The van der Waals surface area contributed by atoms with Crippen molar-refractivity contribution in [3.63, 3.8) is 0 Å².